The van der Waals surface area contributed by atoms with Crippen LogP contribution in [0.5, 0.6) is 0 Å². The molecule has 1 aromatic heterocycles. The quantitative estimate of drug-likeness (QED) is 0.849. The lowest BCUT2D eigenvalue weighted by molar-refractivity contribution is 0.0743. The number of aromatic nitrogens is 1. The van der Waals surface area contributed by atoms with E-state index in [1.165, 1.54) is 5.69 Å². The molecule has 2 heterocycles. The Bertz CT molecular complexity index is 708. The van der Waals surface area contributed by atoms with Gasteiger partial charge in [-0.2, -0.15) is 0 Å². The van der Waals surface area contributed by atoms with Crippen molar-refractivity contribution in [3.8, 4) is 0 Å². The number of nitrogens with zero attached hydrogens (tertiary/aromatic N) is 3. The fraction of sp³-hybridized carbons (Fsp3) is 0.474. The maximum Gasteiger partial charge on any atom is 0.259 e. The van der Waals surface area contributed by atoms with Crippen molar-refractivity contribution < 1.29 is 9.32 Å². The third kappa shape index (κ3) is 3.16. The Balaban J connectivity index is 1.74. The fourth-order valence-corrected chi connectivity index (χ4v) is 3.10. The number of anilines is 1. The first-order valence-electron chi connectivity index (χ1n) is 8.44. The van der Waals surface area contributed by atoms with Gasteiger partial charge in [-0.25, -0.2) is 0 Å². The third-order valence-electron chi connectivity index (χ3n) is 4.48. The van der Waals surface area contributed by atoms with Gasteiger partial charge in [0, 0.05) is 37.3 Å². The van der Waals surface area contributed by atoms with E-state index in [4.69, 9.17) is 4.52 Å². The number of carbonyl (C=O) groups excluding carboxylic acids is 1. The molecule has 1 aromatic carbocycles. The number of carbonyl (C=O) groups is 1. The van der Waals surface area contributed by atoms with E-state index in [0.29, 0.717) is 24.4 Å². The van der Waals surface area contributed by atoms with E-state index < -0.39 is 0 Å². The highest BCUT2D eigenvalue weighted by Crippen LogP contribution is 2.28. The van der Waals surface area contributed by atoms with Gasteiger partial charge in [-0.1, -0.05) is 44.1 Å². The van der Waals surface area contributed by atoms with Crippen LogP contribution in [0.25, 0.3) is 0 Å². The average molecular weight is 327 g/mol. The number of benzene rings is 1. The molecule has 5 nitrogen and oxygen atoms in total. The average Bonchev–Trinajstić information content (AvgIpc) is 2.97. The van der Waals surface area contributed by atoms with E-state index in [9.17, 15) is 4.79 Å². The molecular weight excluding hydrogens is 302 g/mol. The molecule has 5 heteroatoms. The van der Waals surface area contributed by atoms with Crippen LogP contribution in [0.15, 0.2) is 34.9 Å². The Labute approximate surface area is 143 Å². The number of piperazine rings is 1. The second-order valence-corrected chi connectivity index (χ2v) is 7.33. The largest absolute Gasteiger partial charge is 0.368 e. The van der Waals surface area contributed by atoms with Crippen LogP contribution in [0.1, 0.15) is 42.6 Å². The zero-order chi connectivity index (χ0) is 17.3. The van der Waals surface area contributed by atoms with E-state index >= 15 is 0 Å². The Hall–Kier alpha value is -2.30. The number of para-hydroxylation sites is 1. The molecule has 1 aliphatic heterocycles. The summed E-state index contributed by atoms with van der Waals surface area (Å²) in [6, 6.07) is 10.3. The van der Waals surface area contributed by atoms with Crippen LogP contribution < -0.4 is 4.90 Å². The van der Waals surface area contributed by atoms with Gasteiger partial charge in [-0.05, 0) is 19.1 Å². The monoisotopic (exact) mass is 327 g/mol. The SMILES string of the molecule is Cc1onc(C(C)(C)C)c1C(=O)N1CCN(c2ccccc2)CC1. The molecule has 0 radical (unpaired) electrons. The van der Waals surface area contributed by atoms with E-state index in [1.54, 1.807) is 0 Å². The molecule has 1 saturated heterocycles. The standard InChI is InChI=1S/C19H25N3O2/c1-14-16(17(20-24-14)19(2,3)4)18(23)22-12-10-21(11-13-22)15-8-6-5-7-9-15/h5-9H,10-13H2,1-4H3. The summed E-state index contributed by atoms with van der Waals surface area (Å²) in [5, 5.41) is 4.13. The number of amides is 1. The highest BCUT2D eigenvalue weighted by molar-refractivity contribution is 5.96. The summed E-state index contributed by atoms with van der Waals surface area (Å²) in [4.78, 5) is 17.2. The van der Waals surface area contributed by atoms with E-state index in [-0.39, 0.29) is 11.3 Å². The minimum Gasteiger partial charge on any atom is -0.368 e. The van der Waals surface area contributed by atoms with E-state index in [1.807, 2.05) is 30.0 Å². The number of hydrogen-bond acceptors (Lipinski definition) is 4. The highest BCUT2D eigenvalue weighted by Gasteiger charge is 2.32. The molecule has 128 valence electrons. The first-order valence-corrected chi connectivity index (χ1v) is 8.44. The maximum absolute atomic E-state index is 13.0. The summed E-state index contributed by atoms with van der Waals surface area (Å²) < 4.78 is 5.32. The van der Waals surface area contributed by atoms with Crippen LogP contribution in [-0.4, -0.2) is 42.1 Å². The number of rotatable bonds is 2. The molecule has 1 amide bonds. The van der Waals surface area contributed by atoms with Crippen LogP contribution in [0.3, 0.4) is 0 Å². The molecule has 0 bridgehead atoms. The lowest BCUT2D eigenvalue weighted by atomic mass is 9.88. The van der Waals surface area contributed by atoms with Gasteiger partial charge in [0.1, 0.15) is 17.0 Å². The van der Waals surface area contributed by atoms with Crippen LogP contribution in [0.2, 0.25) is 0 Å². The topological polar surface area (TPSA) is 49.6 Å². The van der Waals surface area contributed by atoms with Crippen LogP contribution >= 0.6 is 0 Å². The summed E-state index contributed by atoms with van der Waals surface area (Å²) in [5.74, 6) is 0.641. The second-order valence-electron chi connectivity index (χ2n) is 7.33. The number of aryl methyl sites for hydroxylation is 1. The molecule has 0 N–H and O–H groups in total. The zero-order valence-electron chi connectivity index (χ0n) is 14.9. The van der Waals surface area contributed by atoms with Crippen LogP contribution in [0, 0.1) is 6.92 Å². The molecule has 1 aliphatic rings. The number of hydrogen-bond donors (Lipinski definition) is 0. The van der Waals surface area contributed by atoms with Gasteiger partial charge in [0.25, 0.3) is 5.91 Å². The van der Waals surface area contributed by atoms with Gasteiger partial charge in [-0.3, -0.25) is 4.79 Å². The lowest BCUT2D eigenvalue weighted by Gasteiger charge is -2.36. The zero-order valence-corrected chi connectivity index (χ0v) is 14.9. The fourth-order valence-electron chi connectivity index (χ4n) is 3.10. The summed E-state index contributed by atoms with van der Waals surface area (Å²) in [6.45, 7) is 11.1. The molecule has 24 heavy (non-hydrogen) atoms. The predicted molar refractivity (Wildman–Crippen MR) is 94.5 cm³/mol. The first-order chi connectivity index (χ1) is 11.4. The minimum absolute atomic E-state index is 0.0337. The first kappa shape index (κ1) is 16.6. The second kappa shape index (κ2) is 6.30. The third-order valence-corrected chi connectivity index (χ3v) is 4.48. The molecular formula is C19H25N3O2. The minimum atomic E-state index is -0.214. The van der Waals surface area contributed by atoms with Gasteiger partial charge < -0.3 is 14.3 Å². The maximum atomic E-state index is 13.0. The van der Waals surface area contributed by atoms with Gasteiger partial charge in [0.05, 0.1) is 0 Å². The molecule has 0 aliphatic carbocycles. The van der Waals surface area contributed by atoms with E-state index in [0.717, 1.165) is 18.8 Å². The van der Waals surface area contributed by atoms with Crippen molar-refractivity contribution in [3.05, 3.63) is 47.3 Å². The Kier molecular flexibility index (Phi) is 4.35. The van der Waals surface area contributed by atoms with Crippen molar-refractivity contribution in [1.29, 1.82) is 0 Å². The van der Waals surface area contributed by atoms with Crippen molar-refractivity contribution in [1.82, 2.24) is 10.1 Å². The molecule has 0 unspecified atom stereocenters. The van der Waals surface area contributed by atoms with Gasteiger partial charge in [-0.15, -0.1) is 0 Å². The Morgan fingerprint density at radius 3 is 2.29 bits per heavy atom. The Morgan fingerprint density at radius 1 is 1.08 bits per heavy atom. The highest BCUT2D eigenvalue weighted by atomic mass is 16.5. The van der Waals surface area contributed by atoms with Crippen molar-refractivity contribution in [2.24, 2.45) is 0 Å². The van der Waals surface area contributed by atoms with Crippen molar-refractivity contribution in [3.63, 3.8) is 0 Å². The normalized spacial score (nSPS) is 15.7. The summed E-state index contributed by atoms with van der Waals surface area (Å²) in [6.07, 6.45) is 0. The molecule has 0 spiro atoms. The van der Waals surface area contributed by atoms with Crippen LogP contribution in [-0.2, 0) is 5.41 Å². The molecule has 2 aromatic rings. The van der Waals surface area contributed by atoms with Gasteiger partial charge in [0.2, 0.25) is 0 Å². The summed E-state index contributed by atoms with van der Waals surface area (Å²) in [5.41, 5.74) is 2.38. The van der Waals surface area contributed by atoms with Gasteiger partial charge >= 0.3 is 0 Å². The molecule has 0 atom stereocenters. The van der Waals surface area contributed by atoms with E-state index in [2.05, 4.69) is 43.0 Å². The molecule has 0 saturated carbocycles. The van der Waals surface area contributed by atoms with Crippen molar-refractivity contribution in [2.75, 3.05) is 31.1 Å². The summed E-state index contributed by atoms with van der Waals surface area (Å²) >= 11 is 0. The van der Waals surface area contributed by atoms with Crippen molar-refractivity contribution in [2.45, 2.75) is 33.1 Å². The van der Waals surface area contributed by atoms with Crippen LogP contribution in [0.4, 0.5) is 5.69 Å². The predicted octanol–water partition coefficient (Wildman–Crippen LogP) is 3.24. The van der Waals surface area contributed by atoms with Gasteiger partial charge in [0.15, 0.2) is 0 Å². The smallest absolute Gasteiger partial charge is 0.259 e. The van der Waals surface area contributed by atoms with Crippen molar-refractivity contribution >= 4 is 11.6 Å². The lowest BCUT2D eigenvalue weighted by Crippen LogP contribution is -2.49. The summed E-state index contributed by atoms with van der Waals surface area (Å²) in [7, 11) is 0. The Morgan fingerprint density at radius 2 is 1.71 bits per heavy atom. The molecule has 1 fully saturated rings. The molecule has 3 rings (SSSR count).